The number of amides is 1. The molecule has 1 heterocycles. The molecule has 1 amide bonds. The quantitative estimate of drug-likeness (QED) is 0.834. The number of rotatable bonds is 2. The number of carbonyl (C=O) groups excluding carboxylic acids is 1. The van der Waals surface area contributed by atoms with E-state index in [9.17, 15) is 4.79 Å². The Morgan fingerprint density at radius 1 is 1.14 bits per heavy atom. The number of benzene rings is 1. The lowest BCUT2D eigenvalue weighted by atomic mass is 9.96. The molecule has 3 rings (SSSR count). The molecule has 21 heavy (non-hydrogen) atoms. The van der Waals surface area contributed by atoms with Crippen LogP contribution in [-0.2, 0) is 0 Å². The molecule has 3 nitrogen and oxygen atoms in total. The second-order valence-corrected chi connectivity index (χ2v) is 6.50. The number of fused-ring (bicyclic) bond motifs is 1. The van der Waals surface area contributed by atoms with Crippen molar-refractivity contribution in [2.75, 3.05) is 0 Å². The molecule has 1 aromatic rings. The van der Waals surface area contributed by atoms with Gasteiger partial charge in [-0.1, -0.05) is 44.7 Å². The van der Waals surface area contributed by atoms with Gasteiger partial charge in [0.2, 0.25) is 0 Å². The van der Waals surface area contributed by atoms with Crippen molar-refractivity contribution >= 4 is 5.91 Å². The van der Waals surface area contributed by atoms with E-state index in [4.69, 9.17) is 4.74 Å². The van der Waals surface area contributed by atoms with Gasteiger partial charge in [-0.3, -0.25) is 4.79 Å². The summed E-state index contributed by atoms with van der Waals surface area (Å²) in [5.41, 5.74) is 1.86. The molecule has 2 atom stereocenters. The van der Waals surface area contributed by atoms with E-state index in [0.29, 0.717) is 17.5 Å². The van der Waals surface area contributed by atoms with Gasteiger partial charge in [0, 0.05) is 17.5 Å². The van der Waals surface area contributed by atoms with Gasteiger partial charge in [-0.2, -0.15) is 0 Å². The van der Waals surface area contributed by atoms with E-state index < -0.39 is 0 Å². The van der Waals surface area contributed by atoms with Crippen LogP contribution in [0, 0.1) is 0 Å². The third-order valence-corrected chi connectivity index (χ3v) is 4.98. The first kappa shape index (κ1) is 14.4. The number of para-hydroxylation sites is 1. The molecule has 1 aliphatic carbocycles. The van der Waals surface area contributed by atoms with Crippen LogP contribution in [0.5, 0.6) is 5.75 Å². The zero-order chi connectivity index (χ0) is 14.8. The molecule has 1 aliphatic heterocycles. The van der Waals surface area contributed by atoms with Crippen LogP contribution < -0.4 is 10.1 Å². The first-order valence-corrected chi connectivity index (χ1v) is 8.27. The molecule has 0 radical (unpaired) electrons. The molecule has 3 heteroatoms. The Kier molecular flexibility index (Phi) is 4.18. The largest absolute Gasteiger partial charge is 0.489 e. The lowest BCUT2D eigenvalue weighted by Gasteiger charge is -2.17. The van der Waals surface area contributed by atoms with Crippen molar-refractivity contribution in [3.05, 3.63) is 29.3 Å². The molecule has 2 aliphatic rings. The number of ether oxygens (including phenoxy) is 1. The van der Waals surface area contributed by atoms with Gasteiger partial charge in [-0.15, -0.1) is 0 Å². The molecule has 114 valence electrons. The number of hydrogen-bond donors (Lipinski definition) is 1. The summed E-state index contributed by atoms with van der Waals surface area (Å²) in [7, 11) is 0. The predicted octanol–water partition coefficient (Wildman–Crippen LogP) is 4.02. The highest BCUT2D eigenvalue weighted by atomic mass is 16.5. The fourth-order valence-electron chi connectivity index (χ4n) is 3.45. The standard InChI is InChI=1S/C18H25NO2/c1-12-13(2)21-17-15(12)10-7-11-16(17)18(20)19-14-8-5-3-4-6-9-14/h7,10-14H,3-6,8-9H2,1-2H3,(H,19,20)/t12-,13-/m0/s1. The first-order valence-electron chi connectivity index (χ1n) is 8.27. The van der Waals surface area contributed by atoms with Gasteiger partial charge in [0.1, 0.15) is 11.9 Å². The molecule has 1 N–H and O–H groups in total. The third-order valence-electron chi connectivity index (χ3n) is 4.98. The number of nitrogens with one attached hydrogen (secondary N) is 1. The van der Waals surface area contributed by atoms with Gasteiger partial charge in [0.25, 0.3) is 5.91 Å². The summed E-state index contributed by atoms with van der Waals surface area (Å²) < 4.78 is 5.92. The van der Waals surface area contributed by atoms with Gasteiger partial charge in [0.15, 0.2) is 0 Å². The molecule has 0 aromatic heterocycles. The van der Waals surface area contributed by atoms with Gasteiger partial charge >= 0.3 is 0 Å². The third kappa shape index (κ3) is 2.92. The van der Waals surface area contributed by atoms with Crippen molar-refractivity contribution in [1.82, 2.24) is 5.32 Å². The number of carbonyl (C=O) groups is 1. The Balaban J connectivity index is 1.76. The van der Waals surface area contributed by atoms with Gasteiger partial charge < -0.3 is 10.1 Å². The van der Waals surface area contributed by atoms with E-state index in [2.05, 4.69) is 25.2 Å². The normalized spacial score (nSPS) is 25.8. The Morgan fingerprint density at radius 2 is 1.86 bits per heavy atom. The second-order valence-electron chi connectivity index (χ2n) is 6.50. The molecule has 0 spiro atoms. The predicted molar refractivity (Wildman–Crippen MR) is 83.9 cm³/mol. The summed E-state index contributed by atoms with van der Waals surface area (Å²) in [6.07, 6.45) is 7.40. The molecular weight excluding hydrogens is 262 g/mol. The summed E-state index contributed by atoms with van der Waals surface area (Å²) in [6.45, 7) is 4.22. The van der Waals surface area contributed by atoms with Gasteiger partial charge in [-0.05, 0) is 25.8 Å². The highest BCUT2D eigenvalue weighted by Crippen LogP contribution is 2.40. The van der Waals surface area contributed by atoms with Crippen LogP contribution in [0.15, 0.2) is 18.2 Å². The maximum Gasteiger partial charge on any atom is 0.255 e. The Labute approximate surface area is 127 Å². The SMILES string of the molecule is C[C@@H]1Oc2c(C(=O)NC3CCCCCC3)cccc2[C@H]1C. The van der Waals surface area contributed by atoms with E-state index in [-0.39, 0.29) is 12.0 Å². The van der Waals surface area contributed by atoms with Crippen LogP contribution in [0.25, 0.3) is 0 Å². The average molecular weight is 287 g/mol. The zero-order valence-electron chi connectivity index (χ0n) is 13.0. The van der Waals surface area contributed by atoms with Crippen LogP contribution in [-0.4, -0.2) is 18.1 Å². The van der Waals surface area contributed by atoms with Gasteiger partial charge in [-0.25, -0.2) is 0 Å². The Morgan fingerprint density at radius 3 is 2.57 bits per heavy atom. The summed E-state index contributed by atoms with van der Waals surface area (Å²) >= 11 is 0. The minimum absolute atomic E-state index is 0.0278. The molecule has 0 unspecified atom stereocenters. The van der Waals surface area contributed by atoms with E-state index >= 15 is 0 Å². The van der Waals surface area contributed by atoms with E-state index in [1.165, 1.54) is 25.7 Å². The van der Waals surface area contributed by atoms with Gasteiger partial charge in [0.05, 0.1) is 5.56 Å². The fourth-order valence-corrected chi connectivity index (χ4v) is 3.45. The van der Waals surface area contributed by atoms with Crippen molar-refractivity contribution in [3.8, 4) is 5.75 Å². The van der Waals surface area contributed by atoms with Crippen LogP contribution in [0.4, 0.5) is 0 Å². The Bertz CT molecular complexity index is 518. The minimum Gasteiger partial charge on any atom is -0.489 e. The smallest absolute Gasteiger partial charge is 0.255 e. The highest BCUT2D eigenvalue weighted by molar-refractivity contribution is 5.97. The highest BCUT2D eigenvalue weighted by Gasteiger charge is 2.31. The minimum atomic E-state index is 0.0278. The first-order chi connectivity index (χ1) is 10.2. The van der Waals surface area contributed by atoms with Crippen molar-refractivity contribution < 1.29 is 9.53 Å². The fraction of sp³-hybridized carbons (Fsp3) is 0.611. The van der Waals surface area contributed by atoms with E-state index in [1.807, 2.05) is 12.1 Å². The zero-order valence-corrected chi connectivity index (χ0v) is 13.0. The van der Waals surface area contributed by atoms with Crippen LogP contribution in [0.2, 0.25) is 0 Å². The molecule has 1 saturated carbocycles. The summed E-state index contributed by atoms with van der Waals surface area (Å²) in [5.74, 6) is 1.18. The van der Waals surface area contributed by atoms with Crippen LogP contribution >= 0.6 is 0 Å². The number of hydrogen-bond acceptors (Lipinski definition) is 2. The molecular formula is C18H25NO2. The lowest BCUT2D eigenvalue weighted by Crippen LogP contribution is -2.34. The lowest BCUT2D eigenvalue weighted by molar-refractivity contribution is 0.0928. The topological polar surface area (TPSA) is 38.3 Å². The van der Waals surface area contributed by atoms with Crippen molar-refractivity contribution in [3.63, 3.8) is 0 Å². The van der Waals surface area contributed by atoms with Crippen molar-refractivity contribution in [2.45, 2.75) is 70.4 Å². The Hall–Kier alpha value is -1.51. The van der Waals surface area contributed by atoms with Crippen LogP contribution in [0.1, 0.15) is 74.2 Å². The van der Waals surface area contributed by atoms with Crippen molar-refractivity contribution in [2.24, 2.45) is 0 Å². The molecule has 0 bridgehead atoms. The maximum atomic E-state index is 12.6. The van der Waals surface area contributed by atoms with E-state index in [1.54, 1.807) is 0 Å². The van der Waals surface area contributed by atoms with Crippen molar-refractivity contribution in [1.29, 1.82) is 0 Å². The summed E-state index contributed by atoms with van der Waals surface area (Å²) in [6, 6.07) is 6.26. The molecule has 1 aromatic carbocycles. The second kappa shape index (κ2) is 6.08. The monoisotopic (exact) mass is 287 g/mol. The maximum absolute atomic E-state index is 12.6. The summed E-state index contributed by atoms with van der Waals surface area (Å²) in [5, 5.41) is 3.22. The van der Waals surface area contributed by atoms with Crippen LogP contribution in [0.3, 0.4) is 0 Å². The van der Waals surface area contributed by atoms with E-state index in [0.717, 1.165) is 24.2 Å². The molecule has 0 saturated heterocycles. The summed E-state index contributed by atoms with van der Waals surface area (Å²) in [4.78, 5) is 12.6. The molecule has 1 fully saturated rings. The average Bonchev–Trinajstić information content (AvgIpc) is 2.68.